The van der Waals surface area contributed by atoms with E-state index in [4.69, 9.17) is 4.74 Å². The Hall–Kier alpha value is -0.940. The molecule has 0 aliphatic carbocycles. The third kappa shape index (κ3) is 2.25. The number of rotatable bonds is 4. The van der Waals surface area contributed by atoms with E-state index in [0.717, 1.165) is 25.5 Å². The molecule has 0 spiro atoms. The van der Waals surface area contributed by atoms with Crippen molar-refractivity contribution in [1.29, 1.82) is 0 Å². The second-order valence-corrected chi connectivity index (χ2v) is 4.68. The maximum atomic E-state index is 5.10. The first kappa shape index (κ1) is 11.5. The molecule has 90 valence electrons. The average Bonchev–Trinajstić information content (AvgIpc) is 2.76. The third-order valence-corrected chi connectivity index (χ3v) is 3.29. The van der Waals surface area contributed by atoms with Crippen molar-refractivity contribution in [3.05, 3.63) is 12.2 Å². The van der Waals surface area contributed by atoms with E-state index in [0.29, 0.717) is 6.61 Å². The highest BCUT2D eigenvalue weighted by atomic mass is 16.5. The summed E-state index contributed by atoms with van der Waals surface area (Å²) in [6, 6.07) is 0. The predicted octanol–water partition coefficient (Wildman–Crippen LogP) is 0.566. The summed E-state index contributed by atoms with van der Waals surface area (Å²) in [6.45, 7) is 5.88. The number of methoxy groups -OCH3 is 1. The van der Waals surface area contributed by atoms with Crippen LogP contribution in [0.2, 0.25) is 0 Å². The number of nitrogens with zero attached hydrogens (tertiary/aromatic N) is 3. The summed E-state index contributed by atoms with van der Waals surface area (Å²) in [5, 5.41) is 11.7. The highest BCUT2D eigenvalue weighted by Gasteiger charge is 2.33. The molecule has 0 bridgehead atoms. The Kier molecular flexibility index (Phi) is 3.56. The Balaban J connectivity index is 2.15. The Labute approximate surface area is 96.2 Å². The van der Waals surface area contributed by atoms with E-state index in [-0.39, 0.29) is 5.41 Å². The Bertz CT molecular complexity index is 330. The second kappa shape index (κ2) is 4.93. The smallest absolute Gasteiger partial charge is 0.140 e. The van der Waals surface area contributed by atoms with Gasteiger partial charge in [0.25, 0.3) is 0 Å². The van der Waals surface area contributed by atoms with E-state index < -0.39 is 0 Å². The molecule has 1 saturated heterocycles. The van der Waals surface area contributed by atoms with Crippen molar-refractivity contribution in [2.24, 2.45) is 0 Å². The van der Waals surface area contributed by atoms with Gasteiger partial charge in [-0.25, -0.2) is 0 Å². The molecule has 5 heteroatoms. The van der Waals surface area contributed by atoms with E-state index in [2.05, 4.69) is 27.0 Å². The fourth-order valence-electron chi connectivity index (χ4n) is 2.32. The van der Waals surface area contributed by atoms with Crippen molar-refractivity contribution in [3.63, 3.8) is 0 Å². The molecule has 1 N–H and O–H groups in total. The number of nitrogens with one attached hydrogen (secondary N) is 1. The maximum absolute atomic E-state index is 5.10. The lowest BCUT2D eigenvalue weighted by Gasteiger charge is -2.33. The van der Waals surface area contributed by atoms with Crippen LogP contribution in [0.3, 0.4) is 0 Å². The Morgan fingerprint density at radius 2 is 2.50 bits per heavy atom. The molecule has 0 radical (unpaired) electrons. The molecule has 0 aromatic carbocycles. The van der Waals surface area contributed by atoms with Gasteiger partial charge in [0.1, 0.15) is 12.2 Å². The number of hydrogen-bond donors (Lipinski definition) is 1. The van der Waals surface area contributed by atoms with Gasteiger partial charge >= 0.3 is 0 Å². The van der Waals surface area contributed by atoms with Gasteiger partial charge in [0.05, 0.1) is 6.61 Å². The molecule has 5 nitrogen and oxygen atoms in total. The largest absolute Gasteiger partial charge is 0.383 e. The van der Waals surface area contributed by atoms with E-state index in [1.54, 1.807) is 13.4 Å². The zero-order chi connectivity index (χ0) is 11.4. The number of ether oxygens (including phenoxy) is 1. The first-order valence-electron chi connectivity index (χ1n) is 5.84. The predicted molar refractivity (Wildman–Crippen MR) is 61.4 cm³/mol. The van der Waals surface area contributed by atoms with E-state index in [9.17, 15) is 0 Å². The number of piperidine rings is 1. The van der Waals surface area contributed by atoms with Crippen molar-refractivity contribution < 1.29 is 4.74 Å². The first-order valence-corrected chi connectivity index (χ1v) is 5.84. The van der Waals surface area contributed by atoms with Crippen LogP contribution < -0.4 is 5.32 Å². The van der Waals surface area contributed by atoms with E-state index in [1.807, 2.05) is 0 Å². The molecule has 1 aromatic rings. The molecule has 1 fully saturated rings. The van der Waals surface area contributed by atoms with Crippen LogP contribution in [0.5, 0.6) is 0 Å². The third-order valence-electron chi connectivity index (χ3n) is 3.29. The zero-order valence-electron chi connectivity index (χ0n) is 10.1. The van der Waals surface area contributed by atoms with E-state index >= 15 is 0 Å². The van der Waals surface area contributed by atoms with Gasteiger partial charge in [-0.2, -0.15) is 0 Å². The SMILES string of the molecule is COCCn1cnnc1[C@@]1(C)CCCNC1. The minimum absolute atomic E-state index is 0.114. The molecule has 1 aliphatic rings. The molecule has 2 heterocycles. The minimum Gasteiger partial charge on any atom is -0.383 e. The van der Waals surface area contributed by atoms with Gasteiger partial charge in [0.15, 0.2) is 0 Å². The average molecular weight is 224 g/mol. The molecular formula is C11H20N4O. The van der Waals surface area contributed by atoms with Crippen molar-refractivity contribution in [3.8, 4) is 0 Å². The quantitative estimate of drug-likeness (QED) is 0.812. The Morgan fingerprint density at radius 1 is 1.62 bits per heavy atom. The van der Waals surface area contributed by atoms with Gasteiger partial charge in [-0.1, -0.05) is 6.92 Å². The maximum Gasteiger partial charge on any atom is 0.140 e. The normalized spacial score (nSPS) is 25.9. The van der Waals surface area contributed by atoms with Gasteiger partial charge in [0.2, 0.25) is 0 Å². The van der Waals surface area contributed by atoms with Crippen LogP contribution in [-0.4, -0.2) is 41.6 Å². The summed E-state index contributed by atoms with van der Waals surface area (Å²) in [5.41, 5.74) is 0.114. The van der Waals surface area contributed by atoms with Crippen LogP contribution in [-0.2, 0) is 16.7 Å². The lowest BCUT2D eigenvalue weighted by molar-refractivity contribution is 0.183. The zero-order valence-corrected chi connectivity index (χ0v) is 10.1. The molecule has 1 aliphatic heterocycles. The molecule has 2 rings (SSSR count). The molecular weight excluding hydrogens is 204 g/mol. The highest BCUT2D eigenvalue weighted by Crippen LogP contribution is 2.28. The highest BCUT2D eigenvalue weighted by molar-refractivity contribution is 5.08. The molecule has 0 saturated carbocycles. The first-order chi connectivity index (χ1) is 7.76. The standard InChI is InChI=1S/C11H20N4O/c1-11(4-3-5-12-8-11)10-14-13-9-15(10)6-7-16-2/h9,12H,3-8H2,1-2H3/t11-/m0/s1. The summed E-state index contributed by atoms with van der Waals surface area (Å²) < 4.78 is 7.21. The van der Waals surface area contributed by atoms with Crippen LogP contribution in [0.15, 0.2) is 6.33 Å². The topological polar surface area (TPSA) is 52.0 Å². The lowest BCUT2D eigenvalue weighted by atomic mass is 9.82. The van der Waals surface area contributed by atoms with E-state index in [1.165, 1.54) is 12.8 Å². The molecule has 0 unspecified atom stereocenters. The van der Waals surface area contributed by atoms with Crippen LogP contribution in [0, 0.1) is 0 Å². The number of hydrogen-bond acceptors (Lipinski definition) is 4. The Morgan fingerprint density at radius 3 is 3.19 bits per heavy atom. The van der Waals surface area contributed by atoms with Crippen LogP contribution >= 0.6 is 0 Å². The second-order valence-electron chi connectivity index (χ2n) is 4.68. The van der Waals surface area contributed by atoms with Gasteiger partial charge in [-0.15, -0.1) is 10.2 Å². The molecule has 16 heavy (non-hydrogen) atoms. The van der Waals surface area contributed by atoms with Crippen LogP contribution in [0.1, 0.15) is 25.6 Å². The van der Waals surface area contributed by atoms with Crippen molar-refractivity contribution >= 4 is 0 Å². The lowest BCUT2D eigenvalue weighted by Crippen LogP contribution is -2.43. The van der Waals surface area contributed by atoms with Gasteiger partial charge in [-0.05, 0) is 19.4 Å². The minimum atomic E-state index is 0.114. The molecule has 1 atom stereocenters. The molecule has 0 amide bonds. The molecule has 1 aromatic heterocycles. The van der Waals surface area contributed by atoms with Crippen LogP contribution in [0.4, 0.5) is 0 Å². The number of aromatic nitrogens is 3. The summed E-state index contributed by atoms with van der Waals surface area (Å²) in [6.07, 6.45) is 4.17. The van der Waals surface area contributed by atoms with Crippen molar-refractivity contribution in [2.75, 3.05) is 26.8 Å². The summed E-state index contributed by atoms with van der Waals surface area (Å²) in [4.78, 5) is 0. The summed E-state index contributed by atoms with van der Waals surface area (Å²) in [5.74, 6) is 1.08. The van der Waals surface area contributed by atoms with Crippen molar-refractivity contribution in [1.82, 2.24) is 20.1 Å². The van der Waals surface area contributed by atoms with Gasteiger partial charge in [0, 0.05) is 25.6 Å². The van der Waals surface area contributed by atoms with Crippen molar-refractivity contribution in [2.45, 2.75) is 31.7 Å². The van der Waals surface area contributed by atoms with Gasteiger partial charge in [-0.3, -0.25) is 0 Å². The summed E-state index contributed by atoms with van der Waals surface area (Å²) in [7, 11) is 1.72. The monoisotopic (exact) mass is 224 g/mol. The fraction of sp³-hybridized carbons (Fsp3) is 0.818. The summed E-state index contributed by atoms with van der Waals surface area (Å²) >= 11 is 0. The van der Waals surface area contributed by atoms with Crippen LogP contribution in [0.25, 0.3) is 0 Å². The van der Waals surface area contributed by atoms with Gasteiger partial charge < -0.3 is 14.6 Å². The fourth-order valence-corrected chi connectivity index (χ4v) is 2.32.